The second kappa shape index (κ2) is 6.85. The predicted octanol–water partition coefficient (Wildman–Crippen LogP) is -0.000900. The van der Waals surface area contributed by atoms with E-state index in [-0.39, 0.29) is 29.3 Å². The summed E-state index contributed by atoms with van der Waals surface area (Å²) < 4.78 is 76.3. The molecule has 0 saturated carbocycles. The Morgan fingerprint density at radius 3 is 2.46 bits per heavy atom. The Morgan fingerprint density at radius 1 is 1.21 bits per heavy atom. The fourth-order valence-electron chi connectivity index (χ4n) is 3.19. The van der Waals surface area contributed by atoms with Gasteiger partial charge in [-0.15, -0.1) is 4.28 Å². The molecule has 3 rings (SSSR count). The Kier molecular flexibility index (Phi) is 4.96. The molecule has 15 heteroatoms. The zero-order valence-electron chi connectivity index (χ0n) is 14.1. The van der Waals surface area contributed by atoms with E-state index in [0.29, 0.717) is 0 Å². The molecule has 1 saturated heterocycles. The van der Waals surface area contributed by atoms with Gasteiger partial charge in [0.1, 0.15) is 6.04 Å². The minimum absolute atomic E-state index is 0.0252. The summed E-state index contributed by atoms with van der Waals surface area (Å²) in [6.45, 7) is 1.20. The fourth-order valence-corrected chi connectivity index (χ4v) is 3.94. The Hall–Kier alpha value is -2.46. The highest BCUT2D eigenvalue weighted by atomic mass is 32.3. The third-order valence-corrected chi connectivity index (χ3v) is 4.74. The zero-order valence-corrected chi connectivity index (χ0v) is 15.7. The monoisotopic (exact) mass is 438 g/mol. The molecule has 28 heavy (non-hydrogen) atoms. The van der Waals surface area contributed by atoms with Crippen molar-refractivity contribution in [2.75, 3.05) is 13.2 Å². The number of rotatable bonds is 6. The van der Waals surface area contributed by atoms with Crippen molar-refractivity contribution in [3.63, 3.8) is 0 Å². The van der Waals surface area contributed by atoms with Crippen LogP contribution in [0.25, 0.3) is 0 Å². The van der Waals surface area contributed by atoms with E-state index >= 15 is 0 Å². The van der Waals surface area contributed by atoms with Crippen molar-refractivity contribution in [3.8, 4) is 5.75 Å². The van der Waals surface area contributed by atoms with Gasteiger partial charge in [0, 0.05) is 5.56 Å². The highest BCUT2D eigenvalue weighted by Gasteiger charge is 2.54. The largest absolute Gasteiger partial charge is 0.464 e. The van der Waals surface area contributed by atoms with Crippen LogP contribution in [-0.2, 0) is 34.6 Å². The summed E-state index contributed by atoms with van der Waals surface area (Å²) in [5.41, 5.74) is -0.0328. The summed E-state index contributed by atoms with van der Waals surface area (Å²) in [6, 6.07) is 0.0766. The molecule has 0 aromatic heterocycles. The molecular weight excluding hydrogens is 424 g/mol. The first-order valence-electron chi connectivity index (χ1n) is 7.66. The molecule has 2 N–H and O–H groups in total. The molecule has 2 bridgehead atoms. The highest BCUT2D eigenvalue weighted by molar-refractivity contribution is 7.81. The summed E-state index contributed by atoms with van der Waals surface area (Å²) in [5.74, 6) is -1.33. The van der Waals surface area contributed by atoms with Crippen molar-refractivity contribution in [3.05, 3.63) is 29.3 Å². The van der Waals surface area contributed by atoms with Gasteiger partial charge in [0.2, 0.25) is 0 Å². The van der Waals surface area contributed by atoms with Gasteiger partial charge in [0.15, 0.2) is 11.8 Å². The van der Waals surface area contributed by atoms with Crippen LogP contribution in [0.2, 0.25) is 0 Å². The normalized spacial score (nSPS) is 21.5. The summed E-state index contributed by atoms with van der Waals surface area (Å²) >= 11 is 0. The molecule has 0 spiro atoms. The molecule has 0 radical (unpaired) electrons. The topological polar surface area (TPSA) is 177 Å². The average molecular weight is 438 g/mol. The molecule has 0 aliphatic carbocycles. The first-order valence-corrected chi connectivity index (χ1v) is 10.4. The van der Waals surface area contributed by atoms with Crippen LogP contribution in [0.5, 0.6) is 5.75 Å². The van der Waals surface area contributed by atoms with Gasteiger partial charge in [0.05, 0.1) is 13.2 Å². The Bertz CT molecular complexity index is 1040. The lowest BCUT2D eigenvalue weighted by Gasteiger charge is -2.31. The number of benzene rings is 1. The maximum absolute atomic E-state index is 12.6. The third kappa shape index (κ3) is 3.74. The fraction of sp³-hybridized carbons (Fsp3) is 0.385. The van der Waals surface area contributed by atoms with Crippen molar-refractivity contribution in [2.24, 2.45) is 0 Å². The molecule has 2 aliphatic heterocycles. The maximum Gasteiger partial charge on any atom is 0.446 e. The van der Waals surface area contributed by atoms with E-state index < -0.39 is 50.6 Å². The number of hydrogen-bond acceptors (Lipinski definition) is 9. The van der Waals surface area contributed by atoms with E-state index in [0.717, 1.165) is 11.0 Å². The number of fused-ring (bicyclic) bond motifs is 4. The second-order valence-electron chi connectivity index (χ2n) is 5.70. The number of amides is 2. The van der Waals surface area contributed by atoms with Crippen molar-refractivity contribution >= 4 is 32.8 Å². The van der Waals surface area contributed by atoms with Gasteiger partial charge >= 0.3 is 32.8 Å². The van der Waals surface area contributed by atoms with Crippen LogP contribution in [0.4, 0.5) is 4.79 Å². The molecule has 0 unspecified atom stereocenters. The SMILES string of the molecule is CCOC(=O)[C@H]1c2cccc(OS(=O)(=O)O)c2[C@@H]2CN1C(=O)N2OS(=O)(=O)O. The molecule has 1 aromatic carbocycles. The smallest absolute Gasteiger partial charge is 0.446 e. The number of hydrogen-bond donors (Lipinski definition) is 2. The van der Waals surface area contributed by atoms with Gasteiger partial charge in [-0.3, -0.25) is 9.11 Å². The van der Waals surface area contributed by atoms with Crippen molar-refractivity contribution in [1.82, 2.24) is 9.96 Å². The van der Waals surface area contributed by atoms with Crippen LogP contribution < -0.4 is 4.18 Å². The zero-order chi connectivity index (χ0) is 20.9. The molecule has 13 nitrogen and oxygen atoms in total. The predicted molar refractivity (Wildman–Crippen MR) is 87.3 cm³/mol. The molecule has 1 fully saturated rings. The Labute approximate surface area is 159 Å². The van der Waals surface area contributed by atoms with Gasteiger partial charge in [-0.05, 0) is 18.6 Å². The van der Waals surface area contributed by atoms with Gasteiger partial charge in [-0.2, -0.15) is 21.9 Å². The number of esters is 1. The van der Waals surface area contributed by atoms with E-state index in [1.165, 1.54) is 19.1 Å². The Morgan fingerprint density at radius 2 is 1.89 bits per heavy atom. The molecule has 154 valence electrons. The molecular formula is C13H14N2O11S2. The first-order chi connectivity index (χ1) is 12.9. The van der Waals surface area contributed by atoms with Gasteiger partial charge in [-0.1, -0.05) is 12.1 Å². The molecule has 2 amide bonds. The second-order valence-corrected chi connectivity index (χ2v) is 7.73. The summed E-state index contributed by atoms with van der Waals surface area (Å²) in [6.07, 6.45) is 0. The van der Waals surface area contributed by atoms with Crippen molar-refractivity contribution in [2.45, 2.75) is 19.0 Å². The lowest BCUT2D eigenvalue weighted by Crippen LogP contribution is -2.39. The number of carbonyl (C=O) groups is 2. The number of hydroxylamine groups is 2. The molecule has 2 heterocycles. The minimum atomic E-state index is -5.12. The van der Waals surface area contributed by atoms with Crippen LogP contribution in [0.15, 0.2) is 18.2 Å². The van der Waals surface area contributed by atoms with E-state index in [2.05, 4.69) is 8.47 Å². The molecule has 1 aromatic rings. The quantitative estimate of drug-likeness (QED) is 0.451. The minimum Gasteiger partial charge on any atom is -0.464 e. The Balaban J connectivity index is 2.19. The van der Waals surface area contributed by atoms with Crippen LogP contribution in [0, 0.1) is 0 Å². The third-order valence-electron chi connectivity index (χ3n) is 4.01. The standard InChI is InChI=1S/C13H14N2O11S2/c1-2-24-12(16)11-7-4-3-5-9(25-27(18,19)20)10(7)8-6-14(11)13(17)15(8)26-28(21,22)23/h3-5,8,11H,2,6H2,1H3,(H,18,19,20)(H,21,22,23)/t8-,11+/m0/s1. The van der Waals surface area contributed by atoms with Gasteiger partial charge in [-0.25, -0.2) is 9.59 Å². The lowest BCUT2D eigenvalue weighted by atomic mass is 9.90. The van der Waals surface area contributed by atoms with Crippen LogP contribution >= 0.6 is 0 Å². The van der Waals surface area contributed by atoms with E-state index in [1.54, 1.807) is 0 Å². The average Bonchev–Trinajstić information content (AvgIpc) is 2.79. The van der Waals surface area contributed by atoms with Crippen molar-refractivity contribution in [1.29, 1.82) is 0 Å². The van der Waals surface area contributed by atoms with E-state index in [9.17, 15) is 26.4 Å². The van der Waals surface area contributed by atoms with E-state index in [4.69, 9.17) is 13.8 Å². The summed E-state index contributed by atoms with van der Waals surface area (Å²) in [5, 5.41) is 0.268. The number of carbonyl (C=O) groups excluding carboxylic acids is 2. The van der Waals surface area contributed by atoms with Crippen LogP contribution in [-0.4, -0.2) is 61.1 Å². The van der Waals surface area contributed by atoms with Crippen LogP contribution in [0.3, 0.4) is 0 Å². The van der Waals surface area contributed by atoms with Crippen molar-refractivity contribution < 1.29 is 48.7 Å². The maximum atomic E-state index is 12.6. The number of urea groups is 1. The van der Waals surface area contributed by atoms with Gasteiger partial charge < -0.3 is 13.8 Å². The number of nitrogens with zero attached hydrogens (tertiary/aromatic N) is 2. The van der Waals surface area contributed by atoms with E-state index in [1.807, 2.05) is 0 Å². The van der Waals surface area contributed by atoms with Gasteiger partial charge in [0.25, 0.3) is 0 Å². The highest BCUT2D eigenvalue weighted by Crippen LogP contribution is 2.48. The lowest BCUT2D eigenvalue weighted by molar-refractivity contribution is -0.148. The molecule has 2 aliphatic rings. The summed E-state index contributed by atoms with van der Waals surface area (Å²) in [4.78, 5) is 26.0. The first kappa shape index (κ1) is 20.3. The summed E-state index contributed by atoms with van der Waals surface area (Å²) in [7, 11) is -10.1. The molecule has 2 atom stereocenters. The van der Waals surface area contributed by atoms with Crippen LogP contribution in [0.1, 0.15) is 30.1 Å². The number of ether oxygens (including phenoxy) is 1.